The summed E-state index contributed by atoms with van der Waals surface area (Å²) in [5, 5.41) is 11.8. The highest BCUT2D eigenvalue weighted by molar-refractivity contribution is 6.45. The van der Waals surface area contributed by atoms with Crippen LogP contribution in [-0.4, -0.2) is 54.4 Å². The van der Waals surface area contributed by atoms with Crippen molar-refractivity contribution in [1.82, 2.24) is 10.2 Å². The second-order valence-corrected chi connectivity index (χ2v) is 7.23. The number of benzene rings is 1. The molecule has 3 rings (SSSR count). The average molecular weight is 403 g/mol. The van der Waals surface area contributed by atoms with Crippen molar-refractivity contribution in [3.05, 3.63) is 46.1 Å². The van der Waals surface area contributed by atoms with Gasteiger partial charge in [-0.15, -0.1) is 0 Å². The Hall–Kier alpha value is -2.51. The van der Waals surface area contributed by atoms with Gasteiger partial charge in [-0.2, -0.15) is 0 Å². The average Bonchev–Trinajstić information content (AvgIpc) is 3.01. The molecule has 28 heavy (non-hydrogen) atoms. The summed E-state index contributed by atoms with van der Waals surface area (Å²) in [5.74, 6) is 0.526. The largest absolute Gasteiger partial charge is 0.381 e. The monoisotopic (exact) mass is 402 g/mol. The van der Waals surface area contributed by atoms with Gasteiger partial charge in [-0.25, -0.2) is 4.99 Å². The fourth-order valence-corrected chi connectivity index (χ4v) is 3.44. The quantitative estimate of drug-likeness (QED) is 0.434. The fourth-order valence-electron chi connectivity index (χ4n) is 3.28. The van der Waals surface area contributed by atoms with Crippen molar-refractivity contribution in [3.8, 4) is 0 Å². The molecular weight excluding hydrogens is 380 g/mol. The first-order valence-electron chi connectivity index (χ1n) is 9.19. The molecule has 1 fully saturated rings. The SMILES string of the molecule is C/C(=N\C=C(\Cl)C(=N)c1ccc2c(c1)C(=O)N(CC=O)C2)NC1CCOCC1. The van der Waals surface area contributed by atoms with E-state index in [0.29, 0.717) is 30.0 Å². The number of allylic oxidation sites excluding steroid dienone is 1. The summed E-state index contributed by atoms with van der Waals surface area (Å²) in [6.07, 6.45) is 4.02. The smallest absolute Gasteiger partial charge is 0.254 e. The minimum Gasteiger partial charge on any atom is -0.381 e. The minimum atomic E-state index is -0.202. The third-order valence-corrected chi connectivity index (χ3v) is 5.10. The maximum Gasteiger partial charge on any atom is 0.254 e. The molecule has 1 aromatic carbocycles. The highest BCUT2D eigenvalue weighted by Gasteiger charge is 2.27. The van der Waals surface area contributed by atoms with Crippen LogP contribution in [-0.2, 0) is 16.1 Å². The van der Waals surface area contributed by atoms with Gasteiger partial charge in [-0.05, 0) is 31.4 Å². The summed E-state index contributed by atoms with van der Waals surface area (Å²) in [6, 6.07) is 5.54. The third-order valence-electron chi connectivity index (χ3n) is 4.82. The highest BCUT2D eigenvalue weighted by atomic mass is 35.5. The number of amidine groups is 1. The van der Waals surface area contributed by atoms with Crippen molar-refractivity contribution in [2.45, 2.75) is 32.4 Å². The Bertz CT molecular complexity index is 844. The predicted molar refractivity (Wildman–Crippen MR) is 108 cm³/mol. The molecule has 0 saturated carbocycles. The zero-order valence-electron chi connectivity index (χ0n) is 15.7. The first-order valence-corrected chi connectivity index (χ1v) is 9.57. The molecule has 0 atom stereocenters. The van der Waals surface area contributed by atoms with Gasteiger partial charge >= 0.3 is 0 Å². The minimum absolute atomic E-state index is 0.0645. The Kier molecular flexibility index (Phi) is 6.59. The lowest BCUT2D eigenvalue weighted by atomic mass is 10.0. The van der Waals surface area contributed by atoms with E-state index < -0.39 is 0 Å². The number of amides is 1. The first kappa shape index (κ1) is 20.2. The molecule has 0 radical (unpaired) electrons. The number of hydrogen-bond acceptors (Lipinski definition) is 5. The van der Waals surface area contributed by atoms with Gasteiger partial charge in [0.1, 0.15) is 6.29 Å². The van der Waals surface area contributed by atoms with Crippen LogP contribution in [0.15, 0.2) is 34.4 Å². The topological polar surface area (TPSA) is 94.9 Å². The Morgan fingerprint density at radius 1 is 1.43 bits per heavy atom. The fraction of sp³-hybridized carbons (Fsp3) is 0.400. The van der Waals surface area contributed by atoms with Gasteiger partial charge in [0.15, 0.2) is 0 Å². The molecule has 0 aliphatic carbocycles. The number of nitrogens with one attached hydrogen (secondary N) is 2. The number of nitrogens with zero attached hydrogens (tertiary/aromatic N) is 2. The van der Waals surface area contributed by atoms with E-state index in [1.165, 1.54) is 11.1 Å². The number of hydrogen-bond donors (Lipinski definition) is 2. The maximum atomic E-state index is 12.3. The number of carbonyl (C=O) groups is 2. The zero-order chi connectivity index (χ0) is 20.1. The van der Waals surface area contributed by atoms with Crippen LogP contribution in [0.25, 0.3) is 0 Å². The van der Waals surface area contributed by atoms with E-state index in [1.807, 2.05) is 6.92 Å². The Morgan fingerprint density at radius 3 is 2.89 bits per heavy atom. The number of aliphatic imine (C=N–C) groups is 1. The normalized spacial score (nSPS) is 18.2. The molecule has 1 amide bonds. The van der Waals surface area contributed by atoms with Crippen molar-refractivity contribution in [3.63, 3.8) is 0 Å². The van der Waals surface area contributed by atoms with Crippen LogP contribution < -0.4 is 5.32 Å². The Labute approximate surface area is 168 Å². The van der Waals surface area contributed by atoms with Crippen molar-refractivity contribution < 1.29 is 14.3 Å². The first-order chi connectivity index (χ1) is 13.5. The summed E-state index contributed by atoms with van der Waals surface area (Å²) in [6.45, 7) is 3.82. The summed E-state index contributed by atoms with van der Waals surface area (Å²) in [7, 11) is 0. The lowest BCUT2D eigenvalue weighted by Crippen LogP contribution is -2.37. The van der Waals surface area contributed by atoms with E-state index in [1.54, 1.807) is 18.2 Å². The van der Waals surface area contributed by atoms with Crippen LogP contribution in [0, 0.1) is 5.41 Å². The van der Waals surface area contributed by atoms with Crippen LogP contribution in [0.3, 0.4) is 0 Å². The molecule has 8 heteroatoms. The number of carbonyl (C=O) groups excluding carboxylic acids is 2. The van der Waals surface area contributed by atoms with E-state index in [2.05, 4.69) is 10.3 Å². The summed E-state index contributed by atoms with van der Waals surface area (Å²) < 4.78 is 5.33. The number of halogens is 1. The second kappa shape index (κ2) is 9.12. The second-order valence-electron chi connectivity index (χ2n) is 6.82. The third kappa shape index (κ3) is 4.66. The van der Waals surface area contributed by atoms with Gasteiger partial charge < -0.3 is 19.7 Å². The lowest BCUT2D eigenvalue weighted by Gasteiger charge is -2.23. The van der Waals surface area contributed by atoms with Gasteiger partial charge in [-0.3, -0.25) is 10.2 Å². The summed E-state index contributed by atoms with van der Waals surface area (Å²) in [4.78, 5) is 28.8. The van der Waals surface area contributed by atoms with E-state index >= 15 is 0 Å². The molecule has 2 heterocycles. The van der Waals surface area contributed by atoms with Crippen LogP contribution in [0.1, 0.15) is 41.3 Å². The molecule has 1 saturated heterocycles. The number of aldehydes is 1. The molecule has 0 aromatic heterocycles. The molecule has 148 valence electrons. The molecular formula is C20H23ClN4O3. The number of fused-ring (bicyclic) bond motifs is 1. The molecule has 1 aromatic rings. The van der Waals surface area contributed by atoms with Gasteiger partial charge in [0.2, 0.25) is 0 Å². The van der Waals surface area contributed by atoms with Gasteiger partial charge in [0, 0.05) is 43.1 Å². The van der Waals surface area contributed by atoms with E-state index in [0.717, 1.165) is 37.5 Å². The number of ether oxygens (including phenoxy) is 1. The van der Waals surface area contributed by atoms with Crippen molar-refractivity contribution in [2.24, 2.45) is 4.99 Å². The summed E-state index contributed by atoms with van der Waals surface area (Å²) in [5.41, 5.74) is 1.98. The molecule has 0 bridgehead atoms. The van der Waals surface area contributed by atoms with Crippen molar-refractivity contribution in [1.29, 1.82) is 5.41 Å². The van der Waals surface area contributed by atoms with Gasteiger partial charge in [-0.1, -0.05) is 23.7 Å². The van der Waals surface area contributed by atoms with E-state index in [-0.39, 0.29) is 23.2 Å². The van der Waals surface area contributed by atoms with Crippen molar-refractivity contribution >= 4 is 35.3 Å². The van der Waals surface area contributed by atoms with Crippen molar-refractivity contribution in [2.75, 3.05) is 19.8 Å². The lowest BCUT2D eigenvalue weighted by molar-refractivity contribution is -0.108. The van der Waals surface area contributed by atoms with E-state index in [9.17, 15) is 9.59 Å². The maximum absolute atomic E-state index is 12.3. The summed E-state index contributed by atoms with van der Waals surface area (Å²) >= 11 is 6.26. The van der Waals surface area contributed by atoms with Gasteiger partial charge in [0.25, 0.3) is 5.91 Å². The van der Waals surface area contributed by atoms with Crippen LogP contribution >= 0.6 is 11.6 Å². The van der Waals surface area contributed by atoms with E-state index in [4.69, 9.17) is 21.7 Å². The Morgan fingerprint density at radius 2 is 2.18 bits per heavy atom. The zero-order valence-corrected chi connectivity index (χ0v) is 16.5. The molecule has 2 aliphatic heterocycles. The standard InChI is InChI=1S/C20H23ClN4O3/c1-13(24-16-4-8-28-9-5-16)23-11-18(21)19(22)14-2-3-15-12-25(6-7-26)20(27)17(15)10-14/h2-3,7,10-11,16,22H,4-6,8-9,12H2,1H3,(H,23,24)/b18-11+,22-19?. The Balaban J connectivity index is 1.68. The number of rotatable bonds is 6. The van der Waals surface area contributed by atoms with Crippen LogP contribution in [0.5, 0.6) is 0 Å². The molecule has 0 spiro atoms. The highest BCUT2D eigenvalue weighted by Crippen LogP contribution is 2.25. The van der Waals surface area contributed by atoms with Crippen LogP contribution in [0.4, 0.5) is 0 Å². The van der Waals surface area contributed by atoms with Crippen LogP contribution in [0.2, 0.25) is 0 Å². The van der Waals surface area contributed by atoms with Gasteiger partial charge in [0.05, 0.1) is 23.1 Å². The molecule has 2 N–H and O–H groups in total. The molecule has 2 aliphatic rings. The molecule has 7 nitrogen and oxygen atoms in total. The predicted octanol–water partition coefficient (Wildman–Crippen LogP) is 2.48. The molecule has 0 unspecified atom stereocenters.